The van der Waals surface area contributed by atoms with E-state index >= 15 is 0 Å². The first-order chi connectivity index (χ1) is 13.4. The van der Waals surface area contributed by atoms with Gasteiger partial charge in [-0.15, -0.1) is 0 Å². The molecule has 0 saturated carbocycles. The van der Waals surface area contributed by atoms with Crippen LogP contribution >= 0.6 is 0 Å². The van der Waals surface area contributed by atoms with E-state index in [2.05, 4.69) is 20.3 Å². The van der Waals surface area contributed by atoms with Crippen molar-refractivity contribution in [1.82, 2.24) is 29.7 Å². The van der Waals surface area contributed by atoms with Crippen LogP contribution in [0.1, 0.15) is 23.0 Å². The molecule has 1 atom stereocenters. The molecule has 3 aromatic rings. The summed E-state index contributed by atoms with van der Waals surface area (Å²) in [5, 5.41) is 9.86. The minimum absolute atomic E-state index is 0.0555. The third kappa shape index (κ3) is 5.85. The third-order valence-corrected chi connectivity index (χ3v) is 3.79. The van der Waals surface area contributed by atoms with Gasteiger partial charge in [-0.2, -0.15) is 0 Å². The number of pyridine rings is 2. The average molecular weight is 384 g/mol. The fourth-order valence-electron chi connectivity index (χ4n) is 2.76. The molecule has 0 aliphatic rings. The largest absolute Gasteiger partial charge is 0.483 e. The van der Waals surface area contributed by atoms with Gasteiger partial charge in [0.05, 0.1) is 24.1 Å². The first kappa shape index (κ1) is 21.0. The van der Waals surface area contributed by atoms with E-state index in [9.17, 15) is 4.79 Å². The topological polar surface area (TPSA) is 113 Å². The van der Waals surface area contributed by atoms with Crippen molar-refractivity contribution in [2.24, 2.45) is 0 Å². The molecule has 0 aromatic carbocycles. The highest BCUT2D eigenvalue weighted by molar-refractivity contribution is 5.96. The van der Waals surface area contributed by atoms with Crippen LogP contribution in [0.25, 0.3) is 11.2 Å². The van der Waals surface area contributed by atoms with E-state index in [1.54, 1.807) is 24.8 Å². The van der Waals surface area contributed by atoms with Gasteiger partial charge in [-0.3, -0.25) is 14.6 Å². The average Bonchev–Trinajstić information content (AvgIpc) is 3.04. The van der Waals surface area contributed by atoms with E-state index < -0.39 is 0 Å². The number of hydrogen-bond donors (Lipinski definition) is 2. The molecule has 28 heavy (non-hydrogen) atoms. The van der Waals surface area contributed by atoms with Crippen LogP contribution in [0.4, 0.5) is 0 Å². The SMILES string of the molecule is CC(CN(C)C)NC(=O)c1cnc2c(c1)ncn2Cc1ccccn1.O=CO. The van der Waals surface area contributed by atoms with Crippen LogP contribution < -0.4 is 5.32 Å². The van der Waals surface area contributed by atoms with Crippen LogP contribution in [-0.2, 0) is 11.3 Å². The summed E-state index contributed by atoms with van der Waals surface area (Å²) in [6.45, 7) is 3.10. The number of hydrogen-bond acceptors (Lipinski definition) is 6. The van der Waals surface area contributed by atoms with Crippen LogP contribution in [0.2, 0.25) is 0 Å². The van der Waals surface area contributed by atoms with Crippen molar-refractivity contribution < 1.29 is 14.7 Å². The lowest BCUT2D eigenvalue weighted by atomic mass is 10.2. The van der Waals surface area contributed by atoms with Crippen molar-refractivity contribution in [3.63, 3.8) is 0 Å². The first-order valence-electron chi connectivity index (χ1n) is 8.68. The Labute approximate surface area is 163 Å². The second-order valence-electron chi connectivity index (χ2n) is 6.50. The summed E-state index contributed by atoms with van der Waals surface area (Å²) in [4.78, 5) is 35.9. The quantitative estimate of drug-likeness (QED) is 0.615. The lowest BCUT2D eigenvalue weighted by Crippen LogP contribution is -2.39. The minimum Gasteiger partial charge on any atom is -0.483 e. The summed E-state index contributed by atoms with van der Waals surface area (Å²) in [5.41, 5.74) is 2.89. The molecular weight excluding hydrogens is 360 g/mol. The van der Waals surface area contributed by atoms with Gasteiger partial charge in [0.25, 0.3) is 12.4 Å². The number of carboxylic acid groups (broad SMARTS) is 1. The van der Waals surface area contributed by atoms with E-state index in [-0.39, 0.29) is 18.4 Å². The normalized spacial score (nSPS) is 11.6. The number of aromatic nitrogens is 4. The molecule has 3 heterocycles. The second kappa shape index (κ2) is 10.1. The van der Waals surface area contributed by atoms with Crippen LogP contribution in [0.15, 0.2) is 43.0 Å². The molecule has 0 saturated heterocycles. The molecule has 9 nitrogen and oxygen atoms in total. The van der Waals surface area contributed by atoms with Gasteiger partial charge in [0.2, 0.25) is 0 Å². The van der Waals surface area contributed by atoms with Crippen molar-refractivity contribution >= 4 is 23.5 Å². The Kier molecular flexibility index (Phi) is 7.58. The van der Waals surface area contributed by atoms with E-state index in [0.717, 1.165) is 17.9 Å². The molecule has 1 amide bonds. The molecule has 0 aliphatic heterocycles. The van der Waals surface area contributed by atoms with Crippen LogP contribution in [0, 0.1) is 0 Å². The van der Waals surface area contributed by atoms with Crippen molar-refractivity contribution in [3.05, 3.63) is 54.2 Å². The Morgan fingerprint density at radius 2 is 2.07 bits per heavy atom. The molecular formula is C19H24N6O3. The van der Waals surface area contributed by atoms with Gasteiger partial charge in [-0.1, -0.05) is 6.07 Å². The highest BCUT2D eigenvalue weighted by Crippen LogP contribution is 2.13. The summed E-state index contributed by atoms with van der Waals surface area (Å²) in [5.74, 6) is -0.136. The Hall–Kier alpha value is -3.33. The Balaban J connectivity index is 0.000000878. The number of carbonyl (C=O) groups excluding carboxylic acids is 1. The number of fused-ring (bicyclic) bond motifs is 1. The molecule has 3 aromatic heterocycles. The molecule has 148 valence electrons. The minimum atomic E-state index is -0.250. The van der Waals surface area contributed by atoms with Gasteiger partial charge in [0.15, 0.2) is 5.65 Å². The molecule has 0 radical (unpaired) electrons. The predicted molar refractivity (Wildman–Crippen MR) is 105 cm³/mol. The summed E-state index contributed by atoms with van der Waals surface area (Å²) in [6.07, 6.45) is 5.08. The fourth-order valence-corrected chi connectivity index (χ4v) is 2.76. The lowest BCUT2D eigenvalue weighted by Gasteiger charge is -2.18. The number of rotatable bonds is 6. The molecule has 0 spiro atoms. The van der Waals surface area contributed by atoms with Crippen LogP contribution in [0.3, 0.4) is 0 Å². The van der Waals surface area contributed by atoms with Crippen molar-refractivity contribution in [2.75, 3.05) is 20.6 Å². The van der Waals surface area contributed by atoms with E-state index in [4.69, 9.17) is 9.90 Å². The highest BCUT2D eigenvalue weighted by Gasteiger charge is 2.13. The highest BCUT2D eigenvalue weighted by atomic mass is 16.3. The van der Waals surface area contributed by atoms with E-state index in [1.165, 1.54) is 0 Å². The smallest absolute Gasteiger partial charge is 0.290 e. The third-order valence-electron chi connectivity index (χ3n) is 3.79. The van der Waals surface area contributed by atoms with Crippen LogP contribution in [0.5, 0.6) is 0 Å². The molecule has 0 fully saturated rings. The van der Waals surface area contributed by atoms with Gasteiger partial charge in [-0.05, 0) is 39.2 Å². The molecule has 0 bridgehead atoms. The van der Waals surface area contributed by atoms with E-state index in [1.807, 2.05) is 48.7 Å². The molecule has 9 heteroatoms. The maximum absolute atomic E-state index is 12.4. The maximum Gasteiger partial charge on any atom is 0.290 e. The van der Waals surface area contributed by atoms with Crippen molar-refractivity contribution in [2.45, 2.75) is 19.5 Å². The Bertz CT molecular complexity index is 910. The Morgan fingerprint density at radius 3 is 2.71 bits per heavy atom. The van der Waals surface area contributed by atoms with Gasteiger partial charge < -0.3 is 19.9 Å². The summed E-state index contributed by atoms with van der Waals surface area (Å²) < 4.78 is 1.92. The lowest BCUT2D eigenvalue weighted by molar-refractivity contribution is -0.122. The van der Waals surface area contributed by atoms with Gasteiger partial charge in [0, 0.05) is 25.0 Å². The van der Waals surface area contributed by atoms with Gasteiger partial charge in [-0.25, -0.2) is 9.97 Å². The molecule has 0 aliphatic carbocycles. The van der Waals surface area contributed by atoms with Crippen molar-refractivity contribution in [1.29, 1.82) is 0 Å². The number of likely N-dealkylation sites (N-methyl/N-ethyl adjacent to an activating group) is 1. The number of imidazole rings is 1. The number of nitrogens with one attached hydrogen (secondary N) is 1. The fraction of sp³-hybridized carbons (Fsp3) is 0.316. The second-order valence-corrected chi connectivity index (χ2v) is 6.50. The summed E-state index contributed by atoms with van der Waals surface area (Å²) in [6, 6.07) is 7.62. The first-order valence-corrected chi connectivity index (χ1v) is 8.68. The van der Waals surface area contributed by atoms with E-state index in [0.29, 0.717) is 17.6 Å². The van der Waals surface area contributed by atoms with Gasteiger partial charge in [0.1, 0.15) is 5.52 Å². The maximum atomic E-state index is 12.4. The number of carbonyl (C=O) groups is 2. The number of amides is 1. The predicted octanol–water partition coefficient (Wildman–Crippen LogP) is 1.26. The molecule has 3 rings (SSSR count). The Morgan fingerprint density at radius 1 is 1.32 bits per heavy atom. The number of nitrogens with zero attached hydrogens (tertiary/aromatic N) is 5. The summed E-state index contributed by atoms with van der Waals surface area (Å²) in [7, 11) is 3.95. The monoisotopic (exact) mass is 384 g/mol. The standard InChI is InChI=1S/C18H22N6O.CH2O2/c1-13(10-23(2)3)22-18(25)14-8-16-17(20-9-14)24(12-21-16)11-15-6-4-5-7-19-15;2-1-3/h4-9,12-13H,10-11H2,1-3H3,(H,22,25);1H,(H,2,3). The zero-order valence-electron chi connectivity index (χ0n) is 16.1. The van der Waals surface area contributed by atoms with Gasteiger partial charge >= 0.3 is 0 Å². The van der Waals surface area contributed by atoms with Crippen molar-refractivity contribution in [3.8, 4) is 0 Å². The molecule has 1 unspecified atom stereocenters. The van der Waals surface area contributed by atoms with Crippen LogP contribution in [-0.4, -0.2) is 68.6 Å². The molecule has 2 N–H and O–H groups in total. The zero-order valence-corrected chi connectivity index (χ0v) is 16.1. The zero-order chi connectivity index (χ0) is 20.5. The summed E-state index contributed by atoms with van der Waals surface area (Å²) >= 11 is 0.